The Morgan fingerprint density at radius 1 is 1.17 bits per heavy atom. The second-order valence-corrected chi connectivity index (χ2v) is 15.7. The predicted molar refractivity (Wildman–Crippen MR) is 204 cm³/mol. The predicted octanol–water partition coefficient (Wildman–Crippen LogP) is 6.08. The largest absolute Gasteiger partial charge is 0.455 e. The van der Waals surface area contributed by atoms with E-state index in [9.17, 15) is 19.5 Å². The van der Waals surface area contributed by atoms with Gasteiger partial charge in [0.2, 0.25) is 11.8 Å². The van der Waals surface area contributed by atoms with Crippen LogP contribution in [0.3, 0.4) is 0 Å². The zero-order valence-corrected chi connectivity index (χ0v) is 32.5. The molecule has 0 aliphatic carbocycles. The van der Waals surface area contributed by atoms with Crippen molar-refractivity contribution in [3.05, 3.63) is 90.0 Å². The van der Waals surface area contributed by atoms with E-state index in [4.69, 9.17) is 21.1 Å². The number of rotatable bonds is 16. The molecule has 3 saturated heterocycles. The fourth-order valence-electron chi connectivity index (χ4n) is 8.26. The molecule has 12 heteroatoms. The van der Waals surface area contributed by atoms with Crippen LogP contribution in [0.5, 0.6) is 0 Å². The number of aryl methyl sites for hydroxylation is 1. The molecule has 2 bridgehead atoms. The normalized spacial score (nSPS) is 26.9. The maximum atomic E-state index is 15.2. The summed E-state index contributed by atoms with van der Waals surface area (Å²) in [7, 11) is 0. The van der Waals surface area contributed by atoms with Crippen LogP contribution in [0.1, 0.15) is 63.7 Å². The average Bonchev–Trinajstić information content (AvgIpc) is 3.72. The third-order valence-corrected chi connectivity index (χ3v) is 12.1. The van der Waals surface area contributed by atoms with Gasteiger partial charge < -0.3 is 29.7 Å². The van der Waals surface area contributed by atoms with Gasteiger partial charge in [-0.3, -0.25) is 19.2 Å². The van der Waals surface area contributed by atoms with Crippen molar-refractivity contribution in [1.82, 2.24) is 10.2 Å². The van der Waals surface area contributed by atoms with Gasteiger partial charge in [-0.15, -0.1) is 13.2 Å². The molecule has 52 heavy (non-hydrogen) atoms. The standard InChI is InChI=1S/C40H49BrClN3O7/c1-7-10-19-30(47)43-25(6)34(26-16-12-11-13-17-26)51-39(50)31-32-37(48)45(29(22-46)23(4)9-3)36(40(32)21-27(41)35(31)52-40)38(49)44(20-8-2)33-24(5)15-14-18-28(33)42/h7-8,11-18,23,25,27,29,31-32,34-36,46H,1-2,9-10,19-22H2,3-6H3,(H,43,47)/t23-,25-,27?,29-,31-,32+,34-,35-,36-,40+/m0/s1. The maximum absolute atomic E-state index is 15.2. The number of carbonyl (C=O) groups excluding carboxylic acids is 4. The number of halogens is 2. The van der Waals surface area contributed by atoms with E-state index >= 15 is 4.79 Å². The summed E-state index contributed by atoms with van der Waals surface area (Å²) in [5.41, 5.74) is 0.488. The summed E-state index contributed by atoms with van der Waals surface area (Å²) in [6, 6.07) is 11.9. The van der Waals surface area contributed by atoms with Crippen LogP contribution in [-0.2, 0) is 28.7 Å². The van der Waals surface area contributed by atoms with Gasteiger partial charge in [-0.25, -0.2) is 0 Å². The molecule has 3 heterocycles. The molecule has 10 nitrogen and oxygen atoms in total. The lowest BCUT2D eigenvalue weighted by Crippen LogP contribution is -2.60. The lowest BCUT2D eigenvalue weighted by atomic mass is 9.70. The smallest absolute Gasteiger partial charge is 0.313 e. The van der Waals surface area contributed by atoms with Crippen molar-refractivity contribution in [2.24, 2.45) is 17.8 Å². The number of fused-ring (bicyclic) bond motifs is 1. The van der Waals surface area contributed by atoms with Gasteiger partial charge >= 0.3 is 5.97 Å². The summed E-state index contributed by atoms with van der Waals surface area (Å²) in [6.07, 6.45) is 3.22. The number of nitrogens with one attached hydrogen (secondary N) is 1. The van der Waals surface area contributed by atoms with Crippen molar-refractivity contribution in [1.29, 1.82) is 0 Å². The Bertz CT molecular complexity index is 1660. The van der Waals surface area contributed by atoms with Gasteiger partial charge in [0.15, 0.2) is 0 Å². The number of para-hydroxylation sites is 1. The van der Waals surface area contributed by atoms with Crippen molar-refractivity contribution < 1.29 is 33.8 Å². The number of carbonyl (C=O) groups is 4. The number of allylic oxidation sites excluding steroid dienone is 1. The van der Waals surface area contributed by atoms with Crippen LogP contribution in [0, 0.1) is 24.7 Å². The first-order valence-corrected chi connectivity index (χ1v) is 19.2. The molecule has 0 radical (unpaired) electrons. The van der Waals surface area contributed by atoms with Crippen molar-refractivity contribution in [2.75, 3.05) is 18.1 Å². The van der Waals surface area contributed by atoms with Gasteiger partial charge in [0.1, 0.15) is 17.7 Å². The van der Waals surface area contributed by atoms with Crippen LogP contribution < -0.4 is 10.2 Å². The van der Waals surface area contributed by atoms with Gasteiger partial charge in [-0.1, -0.05) is 102 Å². The zero-order valence-electron chi connectivity index (χ0n) is 30.2. The quantitative estimate of drug-likeness (QED) is 0.120. The van der Waals surface area contributed by atoms with Gasteiger partial charge in [0.25, 0.3) is 5.91 Å². The number of amides is 3. The summed E-state index contributed by atoms with van der Waals surface area (Å²) in [5.74, 6) is -4.11. The van der Waals surface area contributed by atoms with Crippen LogP contribution in [-0.4, -0.2) is 81.5 Å². The highest BCUT2D eigenvalue weighted by atomic mass is 79.9. The van der Waals surface area contributed by atoms with Crippen LogP contribution in [0.15, 0.2) is 73.8 Å². The number of alkyl halides is 1. The fourth-order valence-corrected chi connectivity index (χ4v) is 9.53. The molecule has 1 unspecified atom stereocenters. The van der Waals surface area contributed by atoms with E-state index in [1.165, 1.54) is 9.80 Å². The van der Waals surface area contributed by atoms with E-state index in [0.29, 0.717) is 29.1 Å². The number of ether oxygens (including phenoxy) is 2. The van der Waals surface area contributed by atoms with Crippen molar-refractivity contribution >= 4 is 56.9 Å². The van der Waals surface area contributed by atoms with Crippen molar-refractivity contribution in [2.45, 2.75) is 94.1 Å². The number of hydrogen-bond acceptors (Lipinski definition) is 7. The molecule has 3 fully saturated rings. The summed E-state index contributed by atoms with van der Waals surface area (Å²) in [6.45, 7) is 14.8. The summed E-state index contributed by atoms with van der Waals surface area (Å²) in [5, 5.41) is 14.1. The van der Waals surface area contributed by atoms with Crippen molar-refractivity contribution in [3.8, 4) is 0 Å². The van der Waals surface area contributed by atoms with Crippen LogP contribution in [0.2, 0.25) is 5.02 Å². The first kappa shape index (κ1) is 39.7. The Kier molecular flexibility index (Phi) is 12.7. The molecule has 0 aromatic heterocycles. The van der Waals surface area contributed by atoms with Crippen molar-refractivity contribution in [3.63, 3.8) is 0 Å². The van der Waals surface area contributed by atoms with Crippen LogP contribution in [0.4, 0.5) is 5.69 Å². The molecule has 3 aliphatic rings. The number of likely N-dealkylation sites (tertiary alicyclic amines) is 1. The molecule has 3 aliphatic heterocycles. The van der Waals surface area contributed by atoms with Gasteiger partial charge in [-0.2, -0.15) is 0 Å². The summed E-state index contributed by atoms with van der Waals surface area (Å²) < 4.78 is 13.1. The first-order valence-electron chi connectivity index (χ1n) is 17.9. The zero-order chi connectivity index (χ0) is 37.9. The van der Waals surface area contributed by atoms with Gasteiger partial charge in [-0.05, 0) is 49.8 Å². The molecule has 10 atom stereocenters. The number of benzene rings is 2. The maximum Gasteiger partial charge on any atom is 0.313 e. The average molecular weight is 799 g/mol. The third kappa shape index (κ3) is 7.21. The lowest BCUT2D eigenvalue weighted by molar-refractivity contribution is -0.162. The summed E-state index contributed by atoms with van der Waals surface area (Å²) >= 11 is 10.5. The number of hydrogen-bond donors (Lipinski definition) is 2. The molecule has 2 N–H and O–H groups in total. The second kappa shape index (κ2) is 16.7. The Balaban J connectivity index is 1.58. The van der Waals surface area contributed by atoms with E-state index in [-0.39, 0.29) is 36.0 Å². The molecule has 0 saturated carbocycles. The number of esters is 1. The first-order chi connectivity index (χ1) is 24.9. The van der Waals surface area contributed by atoms with Gasteiger partial charge in [0.05, 0.1) is 47.3 Å². The molecule has 1 spiro atoms. The van der Waals surface area contributed by atoms with E-state index < -0.39 is 72.2 Å². The van der Waals surface area contributed by atoms with E-state index in [1.807, 2.05) is 57.2 Å². The highest BCUT2D eigenvalue weighted by Gasteiger charge is 2.78. The molecule has 2 aromatic carbocycles. The Labute approximate surface area is 319 Å². The number of nitrogens with zero attached hydrogens (tertiary/aromatic N) is 2. The van der Waals surface area contributed by atoms with Crippen LogP contribution >= 0.6 is 27.5 Å². The SMILES string of the molecule is C=CCCC(=O)N[C@@H](C)[C@H](OC(=O)[C@@H]1[C@H]2O[C@@]3(CC2Br)[C@H](C(=O)N(CC=C)c2c(C)cccc2Cl)N([C@@H](CO)[C@@H](C)CC)C(=O)[C@@H]13)c1ccccc1. The Hall–Kier alpha value is -3.51. The summed E-state index contributed by atoms with van der Waals surface area (Å²) in [4.78, 5) is 60.0. The van der Waals surface area contributed by atoms with E-state index in [2.05, 4.69) is 34.4 Å². The van der Waals surface area contributed by atoms with E-state index in [0.717, 1.165) is 5.56 Å². The molecular weight excluding hydrogens is 750 g/mol. The fraction of sp³-hybridized carbons (Fsp3) is 0.500. The van der Waals surface area contributed by atoms with Gasteiger partial charge in [0, 0.05) is 17.8 Å². The highest BCUT2D eigenvalue weighted by Crippen LogP contribution is 2.61. The molecular formula is C40H49BrClN3O7. The minimum absolute atomic E-state index is 0.0949. The third-order valence-electron chi connectivity index (χ3n) is 10.9. The number of aliphatic hydroxyl groups excluding tert-OH is 1. The number of aliphatic hydroxyl groups is 1. The Morgan fingerprint density at radius 2 is 1.88 bits per heavy atom. The molecule has 280 valence electrons. The topological polar surface area (TPSA) is 125 Å². The Morgan fingerprint density at radius 3 is 2.50 bits per heavy atom. The molecule has 5 rings (SSSR count). The number of anilines is 1. The lowest BCUT2D eigenvalue weighted by Gasteiger charge is -2.41. The second-order valence-electron chi connectivity index (χ2n) is 14.1. The monoisotopic (exact) mass is 797 g/mol. The van der Waals surface area contributed by atoms with E-state index in [1.54, 1.807) is 31.2 Å². The highest BCUT2D eigenvalue weighted by molar-refractivity contribution is 9.09. The molecule has 2 aromatic rings. The molecule has 3 amide bonds. The minimum atomic E-state index is -1.42. The van der Waals surface area contributed by atoms with Crippen LogP contribution in [0.25, 0.3) is 0 Å². The minimum Gasteiger partial charge on any atom is -0.455 e.